The van der Waals surface area contributed by atoms with Crippen molar-refractivity contribution in [1.82, 2.24) is 0 Å². The number of carboxylic acids is 1. The van der Waals surface area contributed by atoms with Crippen LogP contribution < -0.4 is 0 Å². The van der Waals surface area contributed by atoms with E-state index in [0.29, 0.717) is 17.6 Å². The second kappa shape index (κ2) is 12.2. The normalized spacial score (nSPS) is 21.0. The number of carbonyl (C=O) groups is 2. The number of amides is 2. The van der Waals surface area contributed by atoms with Crippen LogP contribution >= 0.6 is 0 Å². The quantitative estimate of drug-likeness (QED) is 0.331. The molecule has 2 unspecified atom stereocenters. The molecule has 0 saturated carbocycles. The molecule has 1 aliphatic heterocycles. The van der Waals surface area contributed by atoms with E-state index in [-0.39, 0.29) is 18.4 Å². The Morgan fingerprint density at radius 2 is 1.72 bits per heavy atom. The van der Waals surface area contributed by atoms with Crippen molar-refractivity contribution >= 4 is 18.2 Å². The van der Waals surface area contributed by atoms with Gasteiger partial charge in [0, 0.05) is 12.8 Å². The molecule has 0 aliphatic carbocycles. The number of hydrogen-bond donors (Lipinski definition) is 1. The van der Waals surface area contributed by atoms with Gasteiger partial charge in [0.05, 0.1) is 19.8 Å². The molecule has 0 aromatic carbocycles. The minimum atomic E-state index is -0.729. The number of hydrogen-bond acceptors (Lipinski definition) is 2. The number of aliphatic imine (C=N–C) groups is 1. The maximum absolute atomic E-state index is 11.8. The van der Waals surface area contributed by atoms with Gasteiger partial charge in [-0.1, -0.05) is 64.7 Å². The van der Waals surface area contributed by atoms with Gasteiger partial charge in [-0.2, -0.15) is 4.99 Å². The molecule has 0 aromatic heterocycles. The molecule has 2 atom stereocenters. The van der Waals surface area contributed by atoms with Crippen LogP contribution in [-0.4, -0.2) is 47.9 Å². The van der Waals surface area contributed by atoms with E-state index < -0.39 is 5.97 Å². The largest absolute Gasteiger partial charge is 0.481 e. The monoisotopic (exact) mass is 353 g/mol. The van der Waals surface area contributed by atoms with E-state index in [1.54, 1.807) is 6.21 Å². The van der Waals surface area contributed by atoms with Crippen molar-refractivity contribution in [1.29, 1.82) is 0 Å². The molecular weight excluding hydrogens is 316 g/mol. The van der Waals surface area contributed by atoms with Crippen molar-refractivity contribution < 1.29 is 19.2 Å². The van der Waals surface area contributed by atoms with Gasteiger partial charge in [0.1, 0.15) is 6.54 Å². The topological polar surface area (TPSA) is 66.7 Å². The first-order chi connectivity index (χ1) is 12.0. The van der Waals surface area contributed by atoms with Crippen LogP contribution in [-0.2, 0) is 4.79 Å². The highest BCUT2D eigenvalue weighted by Crippen LogP contribution is 2.22. The van der Waals surface area contributed by atoms with E-state index in [9.17, 15) is 9.59 Å². The minimum Gasteiger partial charge on any atom is -0.481 e. The summed E-state index contributed by atoms with van der Waals surface area (Å²) in [6, 6.07) is -0.0999. The zero-order valence-corrected chi connectivity index (χ0v) is 16.2. The third-order valence-electron chi connectivity index (χ3n) is 5.36. The number of quaternary nitrogens is 1. The van der Waals surface area contributed by atoms with Crippen molar-refractivity contribution in [3.63, 3.8) is 0 Å². The Morgan fingerprint density at radius 1 is 1.12 bits per heavy atom. The molecule has 0 bridgehead atoms. The average molecular weight is 354 g/mol. The summed E-state index contributed by atoms with van der Waals surface area (Å²) < 4.78 is 0.299. The Morgan fingerprint density at radius 3 is 2.24 bits per heavy atom. The molecular formula is C20H37N2O3+. The second-order valence-corrected chi connectivity index (χ2v) is 7.77. The van der Waals surface area contributed by atoms with Crippen LogP contribution in [0.1, 0.15) is 84.0 Å². The van der Waals surface area contributed by atoms with Gasteiger partial charge in [-0.3, -0.25) is 4.79 Å². The Bertz CT molecular complexity index is 437. The third kappa shape index (κ3) is 9.15. The van der Waals surface area contributed by atoms with Crippen LogP contribution in [0.25, 0.3) is 0 Å². The Hall–Kier alpha value is -1.23. The smallest absolute Gasteiger partial charge is 0.442 e. The Labute approximate surface area is 153 Å². The van der Waals surface area contributed by atoms with Gasteiger partial charge >= 0.3 is 12.0 Å². The van der Waals surface area contributed by atoms with E-state index in [1.165, 1.54) is 51.4 Å². The lowest BCUT2D eigenvalue weighted by atomic mass is 9.93. The Kier molecular flexibility index (Phi) is 10.6. The van der Waals surface area contributed by atoms with E-state index in [2.05, 4.69) is 11.9 Å². The Balaban J connectivity index is 2.18. The van der Waals surface area contributed by atoms with Gasteiger partial charge in [-0.25, -0.2) is 9.28 Å². The summed E-state index contributed by atoms with van der Waals surface area (Å²) >= 11 is 0. The molecule has 5 heteroatoms. The molecule has 5 nitrogen and oxygen atoms in total. The summed E-state index contributed by atoms with van der Waals surface area (Å²) in [6.45, 7) is 3.56. The number of carboxylic acid groups (broad SMARTS) is 1. The summed E-state index contributed by atoms with van der Waals surface area (Å²) in [5, 5.41) is 9.14. The molecule has 25 heavy (non-hydrogen) atoms. The molecule has 0 radical (unpaired) electrons. The maximum atomic E-state index is 11.8. The fourth-order valence-corrected chi connectivity index (χ4v) is 3.51. The summed E-state index contributed by atoms with van der Waals surface area (Å²) in [7, 11) is 1.89. The van der Waals surface area contributed by atoms with Crippen molar-refractivity contribution in [2.45, 2.75) is 84.0 Å². The number of urea groups is 1. The van der Waals surface area contributed by atoms with Crippen LogP contribution in [0.3, 0.4) is 0 Å². The number of carbonyl (C=O) groups excluding carboxylic acids is 1. The van der Waals surface area contributed by atoms with Crippen molar-refractivity contribution in [3.05, 3.63) is 0 Å². The average Bonchev–Trinajstić information content (AvgIpc) is 2.90. The molecule has 1 N–H and O–H groups in total. The molecule has 1 aliphatic rings. The summed E-state index contributed by atoms with van der Waals surface area (Å²) in [5.41, 5.74) is 0. The van der Waals surface area contributed by atoms with Gasteiger partial charge < -0.3 is 5.11 Å². The van der Waals surface area contributed by atoms with Crippen molar-refractivity contribution in [3.8, 4) is 0 Å². The van der Waals surface area contributed by atoms with Gasteiger partial charge in [-0.15, -0.1) is 0 Å². The highest BCUT2D eigenvalue weighted by molar-refractivity contribution is 5.84. The van der Waals surface area contributed by atoms with Crippen LogP contribution in [0.4, 0.5) is 4.79 Å². The fourth-order valence-electron chi connectivity index (χ4n) is 3.51. The van der Waals surface area contributed by atoms with E-state index in [1.807, 2.05) is 7.05 Å². The molecule has 0 fully saturated rings. The molecule has 1 heterocycles. The van der Waals surface area contributed by atoms with Gasteiger partial charge in [0.15, 0.2) is 0 Å². The first kappa shape index (κ1) is 21.8. The highest BCUT2D eigenvalue weighted by Gasteiger charge is 2.35. The van der Waals surface area contributed by atoms with Crippen LogP contribution in [0.15, 0.2) is 4.99 Å². The van der Waals surface area contributed by atoms with Gasteiger partial charge in [0.25, 0.3) is 0 Å². The molecule has 0 aromatic rings. The molecule has 1 rings (SSSR count). The third-order valence-corrected chi connectivity index (χ3v) is 5.36. The molecule has 0 saturated heterocycles. The summed E-state index contributed by atoms with van der Waals surface area (Å²) in [5.74, 6) is -0.557. The van der Waals surface area contributed by atoms with Crippen LogP contribution in [0, 0.1) is 5.92 Å². The summed E-state index contributed by atoms with van der Waals surface area (Å²) in [4.78, 5) is 26.8. The summed E-state index contributed by atoms with van der Waals surface area (Å²) in [6.07, 6.45) is 15.2. The highest BCUT2D eigenvalue weighted by atomic mass is 16.4. The van der Waals surface area contributed by atoms with Gasteiger partial charge in [0.2, 0.25) is 0 Å². The standard InChI is InChI=1S/C20H36N2O3/c1-3-4-5-6-7-8-9-10-11-12-18(17-19(23)24)13-15-22(2)16-14-21-20(22)25/h14,18H,3-13,15-17H2,1-2H3/p+1. The number of aliphatic carboxylic acids is 1. The maximum Gasteiger partial charge on any atom is 0.442 e. The predicted molar refractivity (Wildman–Crippen MR) is 102 cm³/mol. The molecule has 2 amide bonds. The van der Waals surface area contributed by atoms with E-state index >= 15 is 0 Å². The number of rotatable bonds is 15. The zero-order chi connectivity index (χ0) is 18.5. The first-order valence-corrected chi connectivity index (χ1v) is 10.1. The zero-order valence-electron chi connectivity index (χ0n) is 16.2. The molecule has 0 spiro atoms. The number of nitrogens with zero attached hydrogens (tertiary/aromatic N) is 2. The lowest BCUT2D eigenvalue weighted by molar-refractivity contribution is -0.815. The number of unbranched alkanes of at least 4 members (excludes halogenated alkanes) is 8. The van der Waals surface area contributed by atoms with Crippen LogP contribution in [0.2, 0.25) is 0 Å². The first-order valence-electron chi connectivity index (χ1n) is 10.1. The SMILES string of the molecule is CCCCCCCCCCCC(CC[N+]1(C)CC=NC1=O)CC(=O)O. The van der Waals surface area contributed by atoms with E-state index in [0.717, 1.165) is 19.3 Å². The minimum absolute atomic E-state index is 0.0999. The lowest BCUT2D eigenvalue weighted by Gasteiger charge is -2.26. The van der Waals surface area contributed by atoms with Crippen molar-refractivity contribution in [2.75, 3.05) is 20.1 Å². The van der Waals surface area contributed by atoms with E-state index in [4.69, 9.17) is 5.11 Å². The van der Waals surface area contributed by atoms with Crippen LogP contribution in [0.5, 0.6) is 0 Å². The predicted octanol–water partition coefficient (Wildman–Crippen LogP) is 5.04. The van der Waals surface area contributed by atoms with Crippen molar-refractivity contribution in [2.24, 2.45) is 10.9 Å². The fraction of sp³-hybridized carbons (Fsp3) is 0.850. The van der Waals surface area contributed by atoms with Gasteiger partial charge in [-0.05, 0) is 12.3 Å². The lowest BCUT2D eigenvalue weighted by Crippen LogP contribution is -2.46. The second-order valence-electron chi connectivity index (χ2n) is 7.77. The molecule has 144 valence electrons.